The summed E-state index contributed by atoms with van der Waals surface area (Å²) in [6, 6.07) is 31.7. The number of para-hydroxylation sites is 1. The summed E-state index contributed by atoms with van der Waals surface area (Å²) in [7, 11) is 0. The maximum absolute atomic E-state index is 4.91. The van der Waals surface area contributed by atoms with Crippen molar-refractivity contribution >= 4 is 16.6 Å². The average Bonchev–Trinajstić information content (AvgIpc) is 3.64. The van der Waals surface area contributed by atoms with Crippen LogP contribution in [-0.4, -0.2) is 14.5 Å². The van der Waals surface area contributed by atoms with Crippen molar-refractivity contribution in [2.75, 3.05) is 0 Å². The molecule has 0 spiro atoms. The third kappa shape index (κ3) is 4.71. The zero-order valence-corrected chi connectivity index (χ0v) is 24.6. The third-order valence-corrected chi connectivity index (χ3v) is 8.39. The van der Waals surface area contributed by atoms with Crippen LogP contribution in [-0.2, 0) is 33.1 Å². The second-order valence-corrected chi connectivity index (χ2v) is 10.8. The zero-order chi connectivity index (χ0) is 25.5. The number of allylic oxidation sites excluding steroid dienone is 2. The van der Waals surface area contributed by atoms with Crippen LogP contribution in [0.4, 0.5) is 0 Å². The van der Waals surface area contributed by atoms with Crippen LogP contribution >= 0.6 is 0 Å². The van der Waals surface area contributed by atoms with Crippen LogP contribution in [0.15, 0.2) is 85.1 Å². The fraction of sp³-hybridized carbons (Fsp3) is 0.257. The third-order valence-electron chi connectivity index (χ3n) is 8.39. The smallest absolute Gasteiger partial charge is 0.0777 e. The largest absolute Gasteiger partial charge is 0.360 e. The maximum atomic E-state index is 4.91. The second-order valence-electron chi connectivity index (χ2n) is 10.8. The van der Waals surface area contributed by atoms with E-state index >= 15 is 0 Å². The molecule has 3 aliphatic rings. The van der Waals surface area contributed by atoms with Crippen molar-refractivity contribution in [2.24, 2.45) is 5.92 Å². The van der Waals surface area contributed by atoms with Gasteiger partial charge in [-0.3, -0.25) is 4.98 Å². The number of hydrogen-bond donors (Lipinski definition) is 0. The fourth-order valence-corrected chi connectivity index (χ4v) is 6.58. The molecule has 197 valence electrons. The van der Waals surface area contributed by atoms with E-state index in [4.69, 9.17) is 4.98 Å². The van der Waals surface area contributed by atoms with Crippen molar-refractivity contribution < 1.29 is 20.1 Å². The van der Waals surface area contributed by atoms with Crippen LogP contribution in [0.1, 0.15) is 55.2 Å². The topological polar surface area (TPSA) is 30.7 Å². The average molecular weight is 686 g/mol. The Labute approximate surface area is 244 Å². The van der Waals surface area contributed by atoms with Crippen molar-refractivity contribution in [1.29, 1.82) is 0 Å². The molecule has 5 aromatic rings. The summed E-state index contributed by atoms with van der Waals surface area (Å²) in [4.78, 5) is 9.39. The van der Waals surface area contributed by atoms with Crippen LogP contribution < -0.4 is 0 Å². The van der Waals surface area contributed by atoms with Gasteiger partial charge in [-0.15, -0.1) is 71.3 Å². The van der Waals surface area contributed by atoms with Crippen molar-refractivity contribution in [3.8, 4) is 22.6 Å². The van der Waals surface area contributed by atoms with Gasteiger partial charge in [0, 0.05) is 38.4 Å². The summed E-state index contributed by atoms with van der Waals surface area (Å²) in [5, 5.41) is 0. The first-order valence-corrected chi connectivity index (χ1v) is 13.9. The molecule has 2 aromatic heterocycles. The molecule has 0 N–H and O–H groups in total. The number of rotatable bonds is 2. The Kier molecular flexibility index (Phi) is 7.34. The Morgan fingerprint density at radius 3 is 2.62 bits per heavy atom. The van der Waals surface area contributed by atoms with E-state index in [0.29, 0.717) is 5.92 Å². The molecule has 4 heteroatoms. The summed E-state index contributed by atoms with van der Waals surface area (Å²) < 4.78 is 2.36. The van der Waals surface area contributed by atoms with E-state index < -0.39 is 0 Å². The molecule has 1 saturated carbocycles. The van der Waals surface area contributed by atoms with Crippen LogP contribution in [0.5, 0.6) is 0 Å². The van der Waals surface area contributed by atoms with Gasteiger partial charge in [0.15, 0.2) is 0 Å². The van der Waals surface area contributed by atoms with Gasteiger partial charge in [-0.1, -0.05) is 56.0 Å². The Bertz CT molecular complexity index is 1640. The first kappa shape index (κ1) is 25.9. The Hall–Kier alpha value is -3.33. The molecular formula is C35H31IrN3-2. The van der Waals surface area contributed by atoms with E-state index in [1.54, 1.807) is 5.57 Å². The number of benzene rings is 3. The second kappa shape index (κ2) is 11.0. The Balaban J connectivity index is 0.000000151. The van der Waals surface area contributed by atoms with Crippen molar-refractivity contribution in [2.45, 2.75) is 51.5 Å². The van der Waals surface area contributed by atoms with Gasteiger partial charge >= 0.3 is 0 Å². The first-order chi connectivity index (χ1) is 18.8. The first-order valence-electron chi connectivity index (χ1n) is 13.9. The molecule has 1 unspecified atom stereocenters. The normalized spacial score (nSPS) is 17.4. The number of pyridine rings is 1. The van der Waals surface area contributed by atoms with Crippen molar-refractivity contribution in [3.63, 3.8) is 0 Å². The van der Waals surface area contributed by atoms with Gasteiger partial charge in [0.25, 0.3) is 0 Å². The van der Waals surface area contributed by atoms with E-state index in [-0.39, 0.29) is 20.1 Å². The molecule has 1 atom stereocenters. The molecule has 8 rings (SSSR count). The molecular weight excluding hydrogens is 655 g/mol. The molecule has 0 bridgehead atoms. The standard InChI is InChI=1S/C21H19N2.C14H12N.Ir/c1-2-9-16(10-3-1)21-22-19-12-6-11-18-17(15-7-4-5-8-15)13-14-23(21)20(18)19;1-10-9-11-5-2-3-6-13(11)14-12(10)7-4-8-15-14;/h1-3,6,9,11-13,15H,4-5,7-8,14H2;2-5,7-8,10H,9H2,1H3;/q2*-1;. The predicted molar refractivity (Wildman–Crippen MR) is 155 cm³/mol. The monoisotopic (exact) mass is 686 g/mol. The molecule has 1 aliphatic heterocycles. The van der Waals surface area contributed by atoms with Gasteiger partial charge in [-0.25, -0.2) is 0 Å². The predicted octanol–water partition coefficient (Wildman–Crippen LogP) is 8.30. The van der Waals surface area contributed by atoms with E-state index in [2.05, 4.69) is 83.2 Å². The summed E-state index contributed by atoms with van der Waals surface area (Å²) in [5.41, 5.74) is 11.5. The zero-order valence-electron chi connectivity index (χ0n) is 22.2. The van der Waals surface area contributed by atoms with Gasteiger partial charge in [0.05, 0.1) is 16.9 Å². The quantitative estimate of drug-likeness (QED) is 0.175. The van der Waals surface area contributed by atoms with E-state index in [9.17, 15) is 0 Å². The van der Waals surface area contributed by atoms with E-state index in [1.165, 1.54) is 53.5 Å². The minimum Gasteiger partial charge on any atom is -0.360 e. The molecule has 0 saturated heterocycles. The minimum atomic E-state index is 0. The van der Waals surface area contributed by atoms with Gasteiger partial charge in [0.2, 0.25) is 0 Å². The van der Waals surface area contributed by atoms with Gasteiger partial charge in [-0.05, 0) is 48.1 Å². The molecule has 3 nitrogen and oxygen atoms in total. The molecule has 0 amide bonds. The van der Waals surface area contributed by atoms with Crippen molar-refractivity contribution in [3.05, 3.63) is 114 Å². The molecule has 3 heterocycles. The SMILES string of the molecule is CC1Cc2ccc[c-]c2-c2ncccc21.[Ir].[c-]1ccccc1-c1nc2cccc3c2n1CC=C3C1CCCC1. The molecule has 2 aliphatic carbocycles. The molecule has 1 radical (unpaired) electrons. The van der Waals surface area contributed by atoms with Crippen LogP contribution in [0, 0.1) is 18.1 Å². The molecule has 3 aromatic carbocycles. The van der Waals surface area contributed by atoms with Crippen LogP contribution in [0.3, 0.4) is 0 Å². The Morgan fingerprint density at radius 2 is 1.77 bits per heavy atom. The minimum absolute atomic E-state index is 0. The molecule has 39 heavy (non-hydrogen) atoms. The summed E-state index contributed by atoms with van der Waals surface area (Å²) in [6.07, 6.45) is 10.8. The number of imidazole rings is 1. The van der Waals surface area contributed by atoms with Crippen molar-refractivity contribution in [1.82, 2.24) is 14.5 Å². The number of aromatic nitrogens is 3. The van der Waals surface area contributed by atoms with Gasteiger partial charge in [0.1, 0.15) is 0 Å². The fourth-order valence-electron chi connectivity index (χ4n) is 6.58. The summed E-state index contributed by atoms with van der Waals surface area (Å²) >= 11 is 0. The van der Waals surface area contributed by atoms with E-state index in [0.717, 1.165) is 41.5 Å². The van der Waals surface area contributed by atoms with Gasteiger partial charge in [-0.2, -0.15) is 0 Å². The summed E-state index contributed by atoms with van der Waals surface area (Å²) in [5.74, 6) is 2.35. The van der Waals surface area contributed by atoms with Crippen LogP contribution in [0.2, 0.25) is 0 Å². The van der Waals surface area contributed by atoms with Crippen LogP contribution in [0.25, 0.3) is 39.3 Å². The Morgan fingerprint density at radius 1 is 0.897 bits per heavy atom. The summed E-state index contributed by atoms with van der Waals surface area (Å²) in [6.45, 7) is 3.19. The van der Waals surface area contributed by atoms with Gasteiger partial charge < -0.3 is 9.55 Å². The van der Waals surface area contributed by atoms with E-state index in [1.807, 2.05) is 30.5 Å². The molecule has 1 fully saturated rings. The number of fused-ring (bicyclic) bond motifs is 3. The number of nitrogens with zero attached hydrogens (tertiary/aromatic N) is 3. The number of hydrogen-bond acceptors (Lipinski definition) is 2. The maximum Gasteiger partial charge on any atom is 0.0777 e.